The van der Waals surface area contributed by atoms with Crippen molar-refractivity contribution in [2.75, 3.05) is 13.7 Å². The number of ether oxygens (including phenoxy) is 2. The molecule has 0 aromatic heterocycles. The Morgan fingerprint density at radius 3 is 2.61 bits per heavy atom. The number of amides is 1. The van der Waals surface area contributed by atoms with Crippen molar-refractivity contribution in [2.24, 2.45) is 5.73 Å². The van der Waals surface area contributed by atoms with Crippen molar-refractivity contribution in [2.45, 2.75) is 52.1 Å². The second-order valence-corrected chi connectivity index (χ2v) is 5.30. The molecule has 23 heavy (non-hydrogen) atoms. The van der Waals surface area contributed by atoms with Gasteiger partial charge in [-0.3, -0.25) is 4.79 Å². The van der Waals surface area contributed by atoms with Gasteiger partial charge in [-0.1, -0.05) is 32.8 Å². The smallest absolute Gasteiger partial charge is 0.237 e. The molecule has 0 bridgehead atoms. The summed E-state index contributed by atoms with van der Waals surface area (Å²) in [6.45, 7) is 5.24. The maximum absolute atomic E-state index is 11.8. The summed E-state index contributed by atoms with van der Waals surface area (Å²) < 4.78 is 11.0. The number of hydrogen-bond donors (Lipinski definition) is 2. The van der Waals surface area contributed by atoms with Gasteiger partial charge >= 0.3 is 0 Å². The van der Waals surface area contributed by atoms with E-state index in [4.69, 9.17) is 15.2 Å². The maximum atomic E-state index is 11.8. The van der Waals surface area contributed by atoms with Crippen LogP contribution in [0.5, 0.6) is 11.5 Å². The second-order valence-electron chi connectivity index (χ2n) is 5.30. The molecule has 0 saturated carbocycles. The number of carbonyl (C=O) groups is 1. The minimum atomic E-state index is -0.441. The molecule has 0 fully saturated rings. The van der Waals surface area contributed by atoms with Crippen LogP contribution in [0.4, 0.5) is 0 Å². The van der Waals surface area contributed by atoms with Crippen LogP contribution in [0, 0.1) is 0 Å². The summed E-state index contributed by atoms with van der Waals surface area (Å²) in [4.78, 5) is 11.8. The monoisotopic (exact) mass is 344 g/mol. The normalized spacial score (nSPS) is 11.3. The number of rotatable bonds is 10. The molecule has 5 nitrogen and oxygen atoms in total. The molecule has 1 rings (SSSR count). The lowest BCUT2D eigenvalue weighted by Gasteiger charge is -2.14. The summed E-state index contributed by atoms with van der Waals surface area (Å²) in [6.07, 6.45) is 3.69. The predicted octanol–water partition coefficient (Wildman–Crippen LogP) is 3.04. The molecule has 0 heterocycles. The Morgan fingerprint density at radius 2 is 2.00 bits per heavy atom. The van der Waals surface area contributed by atoms with Gasteiger partial charge in [0.15, 0.2) is 11.5 Å². The van der Waals surface area contributed by atoms with Crippen LogP contribution in [-0.4, -0.2) is 25.7 Å². The minimum Gasteiger partial charge on any atom is -0.493 e. The highest BCUT2D eigenvalue weighted by atomic mass is 35.5. The number of unbranched alkanes of at least 4 members (excludes halogenated alkanes) is 1. The molecule has 0 saturated heterocycles. The molecular formula is C17H29ClN2O3. The van der Waals surface area contributed by atoms with E-state index >= 15 is 0 Å². The van der Waals surface area contributed by atoms with E-state index in [1.54, 1.807) is 7.11 Å². The molecule has 0 aliphatic rings. The van der Waals surface area contributed by atoms with Gasteiger partial charge in [0.2, 0.25) is 5.91 Å². The lowest BCUT2D eigenvalue weighted by molar-refractivity contribution is -0.122. The summed E-state index contributed by atoms with van der Waals surface area (Å²) in [6, 6.07) is 5.24. The average molecular weight is 345 g/mol. The molecule has 6 heteroatoms. The van der Waals surface area contributed by atoms with Crippen LogP contribution in [-0.2, 0) is 11.3 Å². The highest BCUT2D eigenvalue weighted by molar-refractivity contribution is 5.85. The third kappa shape index (κ3) is 7.57. The average Bonchev–Trinajstić information content (AvgIpc) is 2.53. The molecule has 1 aromatic carbocycles. The van der Waals surface area contributed by atoms with Crippen molar-refractivity contribution >= 4 is 18.3 Å². The molecule has 0 aliphatic carbocycles. The molecule has 0 radical (unpaired) electrons. The minimum absolute atomic E-state index is 0. The number of nitrogens with two attached hydrogens (primary N) is 1. The molecule has 0 aliphatic heterocycles. The summed E-state index contributed by atoms with van der Waals surface area (Å²) in [5.74, 6) is 1.29. The fraction of sp³-hybridized carbons (Fsp3) is 0.588. The van der Waals surface area contributed by atoms with Gasteiger partial charge in [-0.05, 0) is 30.5 Å². The van der Waals surface area contributed by atoms with E-state index in [0.717, 1.165) is 30.6 Å². The van der Waals surface area contributed by atoms with Crippen molar-refractivity contribution in [1.82, 2.24) is 5.32 Å². The summed E-state index contributed by atoms with van der Waals surface area (Å²) >= 11 is 0. The zero-order chi connectivity index (χ0) is 16.4. The van der Waals surface area contributed by atoms with Crippen LogP contribution >= 0.6 is 12.4 Å². The zero-order valence-corrected chi connectivity index (χ0v) is 15.1. The Labute approximate surface area is 145 Å². The summed E-state index contributed by atoms with van der Waals surface area (Å²) in [5, 5.41) is 2.85. The van der Waals surface area contributed by atoms with Crippen LogP contribution in [0.3, 0.4) is 0 Å². The third-order valence-corrected chi connectivity index (χ3v) is 3.39. The van der Waals surface area contributed by atoms with Gasteiger partial charge in [-0.2, -0.15) is 0 Å². The highest BCUT2D eigenvalue weighted by Crippen LogP contribution is 2.28. The Morgan fingerprint density at radius 1 is 1.26 bits per heavy atom. The Bertz CT molecular complexity index is 469. The van der Waals surface area contributed by atoms with Crippen LogP contribution in [0.1, 0.15) is 45.1 Å². The first-order chi connectivity index (χ1) is 10.6. The number of nitrogens with one attached hydrogen (secondary N) is 1. The van der Waals surface area contributed by atoms with Gasteiger partial charge in [-0.15, -0.1) is 12.4 Å². The molecule has 1 amide bonds. The molecule has 1 atom stereocenters. The van der Waals surface area contributed by atoms with Crippen LogP contribution in [0.25, 0.3) is 0 Å². The number of benzene rings is 1. The topological polar surface area (TPSA) is 73.6 Å². The van der Waals surface area contributed by atoms with Crippen molar-refractivity contribution < 1.29 is 14.3 Å². The third-order valence-electron chi connectivity index (χ3n) is 3.39. The second kappa shape index (κ2) is 12.0. The Kier molecular flexibility index (Phi) is 11.3. The highest BCUT2D eigenvalue weighted by Gasteiger charge is 2.12. The molecule has 1 aromatic rings. The first-order valence-corrected chi connectivity index (χ1v) is 7.95. The van der Waals surface area contributed by atoms with Gasteiger partial charge in [0.1, 0.15) is 0 Å². The quantitative estimate of drug-likeness (QED) is 0.640. The van der Waals surface area contributed by atoms with Crippen molar-refractivity contribution in [1.29, 1.82) is 0 Å². The van der Waals surface area contributed by atoms with Gasteiger partial charge in [0.25, 0.3) is 0 Å². The largest absolute Gasteiger partial charge is 0.493 e. The van der Waals surface area contributed by atoms with E-state index in [9.17, 15) is 4.79 Å². The van der Waals surface area contributed by atoms with E-state index in [-0.39, 0.29) is 18.3 Å². The van der Waals surface area contributed by atoms with Gasteiger partial charge < -0.3 is 20.5 Å². The molecule has 1 unspecified atom stereocenters. The van der Waals surface area contributed by atoms with Gasteiger partial charge in [0, 0.05) is 6.54 Å². The summed E-state index contributed by atoms with van der Waals surface area (Å²) in [5.41, 5.74) is 6.74. The maximum Gasteiger partial charge on any atom is 0.237 e. The molecule has 0 spiro atoms. The number of halogens is 1. The number of methoxy groups -OCH3 is 1. The van der Waals surface area contributed by atoms with E-state index in [1.165, 1.54) is 0 Å². The predicted molar refractivity (Wildman–Crippen MR) is 95.4 cm³/mol. The molecule has 3 N–H and O–H groups in total. The van der Waals surface area contributed by atoms with E-state index < -0.39 is 6.04 Å². The van der Waals surface area contributed by atoms with Crippen LogP contribution in [0.15, 0.2) is 18.2 Å². The SMILES string of the molecule is CCCCOc1ccc(CNC(=O)C(N)CCC)cc1OC.Cl. The lowest BCUT2D eigenvalue weighted by atomic mass is 10.1. The Hall–Kier alpha value is -1.46. The molecule has 132 valence electrons. The number of hydrogen-bond acceptors (Lipinski definition) is 4. The summed E-state index contributed by atoms with van der Waals surface area (Å²) in [7, 11) is 1.61. The number of carbonyl (C=O) groups excluding carboxylic acids is 1. The van der Waals surface area contributed by atoms with Crippen molar-refractivity contribution in [3.63, 3.8) is 0 Å². The van der Waals surface area contributed by atoms with E-state index in [2.05, 4.69) is 12.2 Å². The fourth-order valence-electron chi connectivity index (χ4n) is 2.03. The van der Waals surface area contributed by atoms with E-state index in [1.807, 2.05) is 25.1 Å². The first kappa shape index (κ1) is 21.5. The van der Waals surface area contributed by atoms with Crippen molar-refractivity contribution in [3.05, 3.63) is 23.8 Å². The van der Waals surface area contributed by atoms with Crippen LogP contribution < -0.4 is 20.5 Å². The van der Waals surface area contributed by atoms with Gasteiger partial charge in [0.05, 0.1) is 19.8 Å². The molecular weight excluding hydrogens is 316 g/mol. The standard InChI is InChI=1S/C17H28N2O3.ClH/c1-4-6-10-22-15-9-8-13(11-16(15)21-3)12-19-17(20)14(18)7-5-2;/h8-9,11,14H,4-7,10,12,18H2,1-3H3,(H,19,20);1H. The lowest BCUT2D eigenvalue weighted by Crippen LogP contribution is -2.40. The zero-order valence-electron chi connectivity index (χ0n) is 14.3. The van der Waals surface area contributed by atoms with Crippen LogP contribution in [0.2, 0.25) is 0 Å². The first-order valence-electron chi connectivity index (χ1n) is 7.95. The van der Waals surface area contributed by atoms with E-state index in [0.29, 0.717) is 25.3 Å². The fourth-order valence-corrected chi connectivity index (χ4v) is 2.03. The van der Waals surface area contributed by atoms with Gasteiger partial charge in [-0.25, -0.2) is 0 Å². The van der Waals surface area contributed by atoms with Crippen molar-refractivity contribution in [3.8, 4) is 11.5 Å². The Balaban J connectivity index is 0.00000484.